The van der Waals surface area contributed by atoms with Gasteiger partial charge in [0.25, 0.3) is 17.3 Å². The van der Waals surface area contributed by atoms with E-state index in [1.807, 2.05) is 0 Å². The molecular formula is C18H14F3N3O5. The second kappa shape index (κ2) is 7.51. The second-order valence-electron chi connectivity index (χ2n) is 6.17. The van der Waals surface area contributed by atoms with Gasteiger partial charge in [-0.15, -0.1) is 0 Å². The Morgan fingerprint density at radius 1 is 1.28 bits per heavy atom. The molecule has 1 atom stereocenters. The minimum atomic E-state index is -5.07. The van der Waals surface area contributed by atoms with Gasteiger partial charge in [0.2, 0.25) is 0 Å². The van der Waals surface area contributed by atoms with Crippen LogP contribution in [0.3, 0.4) is 0 Å². The number of carbonyl (C=O) groups is 1. The number of carbonyl (C=O) groups excluding carboxylic acids is 1. The van der Waals surface area contributed by atoms with Crippen molar-refractivity contribution in [2.45, 2.75) is 24.9 Å². The number of aliphatic hydroxyl groups is 1. The summed E-state index contributed by atoms with van der Waals surface area (Å²) >= 11 is 0. The molecule has 0 aliphatic carbocycles. The molecule has 152 valence electrons. The molecule has 0 saturated carbocycles. The molecule has 0 unspecified atom stereocenters. The molecule has 1 aliphatic rings. The molecule has 1 aliphatic heterocycles. The first-order chi connectivity index (χ1) is 13.6. The van der Waals surface area contributed by atoms with Crippen LogP contribution in [0.1, 0.15) is 22.3 Å². The van der Waals surface area contributed by atoms with Crippen molar-refractivity contribution in [3.63, 3.8) is 0 Å². The molecule has 0 spiro atoms. The fourth-order valence-corrected chi connectivity index (χ4v) is 2.64. The number of amides is 1. The van der Waals surface area contributed by atoms with E-state index in [2.05, 4.69) is 5.10 Å². The zero-order chi connectivity index (χ0) is 21.2. The van der Waals surface area contributed by atoms with E-state index in [0.717, 1.165) is 6.21 Å². The molecule has 3 rings (SSSR count). The van der Waals surface area contributed by atoms with Crippen molar-refractivity contribution < 1.29 is 32.7 Å². The van der Waals surface area contributed by atoms with E-state index >= 15 is 0 Å². The molecule has 1 N–H and O–H groups in total. The number of halogens is 3. The zero-order valence-electron chi connectivity index (χ0n) is 14.7. The number of nitro benzene ring substituents is 1. The van der Waals surface area contributed by atoms with E-state index in [-0.39, 0.29) is 22.9 Å². The van der Waals surface area contributed by atoms with Gasteiger partial charge >= 0.3 is 6.18 Å². The molecule has 1 amide bonds. The maximum atomic E-state index is 13.2. The first-order valence-electron chi connectivity index (χ1n) is 8.24. The third-order valence-corrected chi connectivity index (χ3v) is 4.20. The van der Waals surface area contributed by atoms with Crippen LogP contribution in [-0.2, 0) is 6.61 Å². The summed E-state index contributed by atoms with van der Waals surface area (Å²) < 4.78 is 44.9. The van der Waals surface area contributed by atoms with Gasteiger partial charge in [0, 0.05) is 30.3 Å². The van der Waals surface area contributed by atoms with E-state index in [1.165, 1.54) is 42.5 Å². The van der Waals surface area contributed by atoms with Crippen LogP contribution in [0.15, 0.2) is 53.6 Å². The van der Waals surface area contributed by atoms with Gasteiger partial charge in [-0.1, -0.05) is 12.1 Å². The molecule has 0 aromatic heterocycles. The van der Waals surface area contributed by atoms with Crippen LogP contribution in [0.5, 0.6) is 5.75 Å². The van der Waals surface area contributed by atoms with Crippen molar-refractivity contribution in [2.24, 2.45) is 5.10 Å². The van der Waals surface area contributed by atoms with Crippen LogP contribution in [0.4, 0.5) is 18.9 Å². The lowest BCUT2D eigenvalue weighted by atomic mass is 10.1. The molecule has 29 heavy (non-hydrogen) atoms. The number of hydrogen-bond acceptors (Lipinski definition) is 6. The average Bonchev–Trinajstić information content (AvgIpc) is 3.09. The van der Waals surface area contributed by atoms with Crippen molar-refractivity contribution in [2.75, 3.05) is 0 Å². The van der Waals surface area contributed by atoms with Gasteiger partial charge in [0.05, 0.1) is 4.92 Å². The molecule has 2 aromatic carbocycles. The SMILES string of the molecule is O=C(c1cccc(COc2ccc([N+](=O)[O-])cc2)c1)N1N=CC[C@]1(O)C(F)(F)F. The highest BCUT2D eigenvalue weighted by Gasteiger charge is 2.61. The third kappa shape index (κ3) is 4.04. The Morgan fingerprint density at radius 3 is 2.59 bits per heavy atom. The first kappa shape index (κ1) is 20.3. The molecular weight excluding hydrogens is 395 g/mol. The van der Waals surface area contributed by atoms with Crippen LogP contribution < -0.4 is 4.74 Å². The fraction of sp³-hybridized carbons (Fsp3) is 0.222. The smallest absolute Gasteiger partial charge is 0.438 e. The Hall–Kier alpha value is -3.47. The number of hydrogen-bond donors (Lipinski definition) is 1. The van der Waals surface area contributed by atoms with E-state index in [0.29, 0.717) is 11.3 Å². The minimum Gasteiger partial charge on any atom is -0.489 e. The fourth-order valence-electron chi connectivity index (χ4n) is 2.64. The predicted molar refractivity (Wildman–Crippen MR) is 94.2 cm³/mol. The summed E-state index contributed by atoms with van der Waals surface area (Å²) in [7, 11) is 0. The average molecular weight is 409 g/mol. The Balaban J connectivity index is 1.73. The number of nitrogens with zero attached hydrogens (tertiary/aromatic N) is 3. The maximum Gasteiger partial charge on any atom is 0.438 e. The van der Waals surface area contributed by atoms with Gasteiger partial charge in [0.15, 0.2) is 0 Å². The quantitative estimate of drug-likeness (QED) is 0.603. The number of rotatable bonds is 5. The van der Waals surface area contributed by atoms with Crippen molar-refractivity contribution in [3.05, 3.63) is 69.8 Å². The van der Waals surface area contributed by atoms with E-state index in [9.17, 15) is 33.2 Å². The van der Waals surface area contributed by atoms with Crippen molar-refractivity contribution >= 4 is 17.8 Å². The number of alkyl halides is 3. The molecule has 8 nitrogen and oxygen atoms in total. The second-order valence-corrected chi connectivity index (χ2v) is 6.17. The van der Waals surface area contributed by atoms with Crippen LogP contribution in [0.25, 0.3) is 0 Å². The largest absolute Gasteiger partial charge is 0.489 e. The number of ether oxygens (including phenoxy) is 1. The van der Waals surface area contributed by atoms with E-state index in [4.69, 9.17) is 4.74 Å². The molecule has 2 aromatic rings. The summed E-state index contributed by atoms with van der Waals surface area (Å²) in [5, 5.41) is 23.9. The van der Waals surface area contributed by atoms with Gasteiger partial charge in [-0.05, 0) is 29.8 Å². The Kier molecular flexibility index (Phi) is 5.25. The van der Waals surface area contributed by atoms with E-state index < -0.39 is 29.2 Å². The van der Waals surface area contributed by atoms with Crippen molar-refractivity contribution in [1.29, 1.82) is 0 Å². The zero-order valence-corrected chi connectivity index (χ0v) is 14.7. The number of nitro groups is 1. The molecule has 1 heterocycles. The lowest BCUT2D eigenvalue weighted by molar-refractivity contribution is -0.384. The van der Waals surface area contributed by atoms with Crippen molar-refractivity contribution in [1.82, 2.24) is 5.01 Å². The van der Waals surface area contributed by atoms with Crippen LogP contribution in [-0.4, -0.2) is 39.1 Å². The number of non-ortho nitro benzene ring substituents is 1. The normalized spacial score (nSPS) is 18.7. The lowest BCUT2D eigenvalue weighted by Crippen LogP contribution is -2.56. The summed E-state index contributed by atoms with van der Waals surface area (Å²) in [6.07, 6.45) is -5.10. The molecule has 0 fully saturated rings. The maximum absolute atomic E-state index is 13.2. The summed E-state index contributed by atoms with van der Waals surface area (Å²) in [6, 6.07) is 11.0. The Morgan fingerprint density at radius 2 is 1.97 bits per heavy atom. The molecule has 0 saturated heterocycles. The molecule has 0 radical (unpaired) electrons. The van der Waals surface area contributed by atoms with Gasteiger partial charge in [-0.3, -0.25) is 14.9 Å². The van der Waals surface area contributed by atoms with Crippen LogP contribution >= 0.6 is 0 Å². The van der Waals surface area contributed by atoms with Crippen LogP contribution in [0, 0.1) is 10.1 Å². The highest BCUT2D eigenvalue weighted by Crippen LogP contribution is 2.39. The first-order valence-corrected chi connectivity index (χ1v) is 8.24. The minimum absolute atomic E-state index is 0.0172. The van der Waals surface area contributed by atoms with Gasteiger partial charge < -0.3 is 9.84 Å². The highest BCUT2D eigenvalue weighted by atomic mass is 19.4. The van der Waals surface area contributed by atoms with Crippen LogP contribution in [0.2, 0.25) is 0 Å². The van der Waals surface area contributed by atoms with Gasteiger partial charge in [-0.2, -0.15) is 23.3 Å². The van der Waals surface area contributed by atoms with E-state index in [1.54, 1.807) is 6.07 Å². The highest BCUT2D eigenvalue weighted by molar-refractivity contribution is 5.96. The summed E-state index contributed by atoms with van der Waals surface area (Å²) in [5.41, 5.74) is -3.15. The van der Waals surface area contributed by atoms with Crippen molar-refractivity contribution in [3.8, 4) is 5.75 Å². The van der Waals surface area contributed by atoms with Gasteiger partial charge in [0.1, 0.15) is 12.4 Å². The molecule has 0 bridgehead atoms. The summed E-state index contributed by atoms with van der Waals surface area (Å²) in [4.78, 5) is 22.6. The Bertz CT molecular complexity index is 962. The third-order valence-electron chi connectivity index (χ3n) is 4.20. The topological polar surface area (TPSA) is 105 Å². The molecule has 11 heteroatoms. The number of benzene rings is 2. The lowest BCUT2D eigenvalue weighted by Gasteiger charge is -2.32. The predicted octanol–water partition coefficient (Wildman–Crippen LogP) is 3.26. The summed E-state index contributed by atoms with van der Waals surface area (Å²) in [5.74, 6) is -0.779. The monoisotopic (exact) mass is 409 g/mol. The standard InChI is InChI=1S/C18H14F3N3O5/c19-18(20,21)17(26)8-9-22-23(17)16(25)13-3-1-2-12(10-13)11-29-15-6-4-14(5-7-15)24(27)28/h1-7,9-10,26H,8,11H2/t17-/m0/s1. The number of hydrazone groups is 1. The summed E-state index contributed by atoms with van der Waals surface area (Å²) in [6.45, 7) is -0.0360. The van der Waals surface area contributed by atoms with Gasteiger partial charge in [-0.25, -0.2) is 0 Å². The Labute approximate surface area is 162 Å².